The quantitative estimate of drug-likeness (QED) is 0.792. The minimum atomic E-state index is -0.399. The number of anilines is 1. The van der Waals surface area contributed by atoms with Gasteiger partial charge in [0, 0.05) is 24.4 Å². The van der Waals surface area contributed by atoms with Crippen molar-refractivity contribution >= 4 is 11.9 Å². The molecule has 0 aliphatic carbocycles. The summed E-state index contributed by atoms with van der Waals surface area (Å²) in [5.74, 6) is 0.566. The number of hydrogen-bond acceptors (Lipinski definition) is 6. The van der Waals surface area contributed by atoms with Gasteiger partial charge in [-0.3, -0.25) is 14.8 Å². The van der Waals surface area contributed by atoms with Crippen molar-refractivity contribution in [1.82, 2.24) is 20.0 Å². The largest absolute Gasteiger partial charge is 0.497 e. The first-order valence-corrected chi connectivity index (χ1v) is 6.86. The topological polar surface area (TPSA) is 95.1 Å². The van der Waals surface area contributed by atoms with Crippen molar-refractivity contribution in [3.8, 4) is 17.2 Å². The van der Waals surface area contributed by atoms with Gasteiger partial charge in [0.05, 0.1) is 7.11 Å². The molecule has 1 N–H and O–H groups in total. The highest BCUT2D eigenvalue weighted by atomic mass is 16.5. The first-order valence-electron chi connectivity index (χ1n) is 6.86. The molecule has 0 saturated heterocycles. The van der Waals surface area contributed by atoms with Gasteiger partial charge in [0.15, 0.2) is 5.69 Å². The van der Waals surface area contributed by atoms with E-state index in [0.29, 0.717) is 17.0 Å². The lowest BCUT2D eigenvalue weighted by molar-refractivity contribution is 0.101. The third kappa shape index (κ3) is 3.05. The monoisotopic (exact) mass is 313 g/mol. The molecule has 0 bridgehead atoms. The van der Waals surface area contributed by atoms with E-state index in [1.165, 1.54) is 0 Å². The number of ether oxygens (including phenoxy) is 1. The van der Waals surface area contributed by atoms with Crippen LogP contribution in [0.5, 0.6) is 5.75 Å². The summed E-state index contributed by atoms with van der Waals surface area (Å²) in [4.78, 5) is 12.2. The highest BCUT2D eigenvalue weighted by molar-refractivity contribution is 6.02. The molecule has 0 saturated carbocycles. The summed E-state index contributed by atoms with van der Waals surface area (Å²) < 4.78 is 12.2. The van der Waals surface area contributed by atoms with E-state index in [1.807, 2.05) is 18.2 Å². The van der Waals surface area contributed by atoms with Gasteiger partial charge in [-0.15, -0.1) is 5.10 Å². The fraction of sp³-hybridized carbons (Fsp3) is 0.200. The van der Waals surface area contributed by atoms with Crippen LogP contribution < -0.4 is 10.1 Å². The van der Waals surface area contributed by atoms with Gasteiger partial charge < -0.3 is 9.15 Å². The van der Waals surface area contributed by atoms with Crippen LogP contribution >= 0.6 is 0 Å². The minimum Gasteiger partial charge on any atom is -0.497 e. The second-order valence-corrected chi connectivity index (χ2v) is 4.93. The molecule has 118 valence electrons. The average molecular weight is 313 g/mol. The Kier molecular flexibility index (Phi) is 3.80. The number of amides is 1. The molecule has 3 rings (SSSR count). The van der Waals surface area contributed by atoms with Crippen molar-refractivity contribution in [2.24, 2.45) is 7.05 Å². The molecule has 1 amide bonds. The molecule has 2 heterocycles. The van der Waals surface area contributed by atoms with Crippen LogP contribution in [-0.2, 0) is 7.05 Å². The molecule has 0 spiro atoms. The Morgan fingerprint density at radius 3 is 2.87 bits per heavy atom. The lowest BCUT2D eigenvalue weighted by atomic mass is 10.2. The van der Waals surface area contributed by atoms with Gasteiger partial charge >= 0.3 is 6.01 Å². The number of rotatable bonds is 4. The van der Waals surface area contributed by atoms with Crippen LogP contribution in [0.4, 0.5) is 6.01 Å². The molecule has 2 aromatic heterocycles. The van der Waals surface area contributed by atoms with Crippen molar-refractivity contribution < 1.29 is 13.9 Å². The SMILES string of the molecule is COc1cccc(-c2nnc(NC(=O)c3nn(C)cc3C)o2)c1. The lowest BCUT2D eigenvalue weighted by Gasteiger charge is -2.00. The third-order valence-corrected chi connectivity index (χ3v) is 3.19. The number of benzene rings is 1. The van der Waals surface area contributed by atoms with Gasteiger partial charge in [-0.1, -0.05) is 11.2 Å². The smallest absolute Gasteiger partial charge is 0.322 e. The molecule has 0 fully saturated rings. The molecule has 1 aromatic carbocycles. The molecule has 8 nitrogen and oxygen atoms in total. The molecule has 0 aliphatic heterocycles. The molecule has 3 aromatic rings. The van der Waals surface area contributed by atoms with Crippen molar-refractivity contribution in [3.05, 3.63) is 41.7 Å². The van der Waals surface area contributed by atoms with E-state index in [2.05, 4.69) is 20.6 Å². The van der Waals surface area contributed by atoms with Crippen LogP contribution in [0, 0.1) is 6.92 Å². The molecular weight excluding hydrogens is 298 g/mol. The number of nitrogens with one attached hydrogen (secondary N) is 1. The number of carbonyl (C=O) groups is 1. The Hall–Kier alpha value is -3.16. The first-order chi connectivity index (χ1) is 11.1. The Morgan fingerprint density at radius 1 is 1.35 bits per heavy atom. The summed E-state index contributed by atoms with van der Waals surface area (Å²) in [6.45, 7) is 1.80. The zero-order valence-corrected chi connectivity index (χ0v) is 12.9. The number of methoxy groups -OCH3 is 1. The summed E-state index contributed by atoms with van der Waals surface area (Å²) in [6.07, 6.45) is 1.75. The van der Waals surface area contributed by atoms with Gasteiger partial charge in [-0.05, 0) is 25.1 Å². The molecule has 8 heteroatoms. The number of aryl methyl sites for hydroxylation is 2. The van der Waals surface area contributed by atoms with E-state index in [1.54, 1.807) is 38.0 Å². The normalized spacial score (nSPS) is 10.6. The molecule has 0 atom stereocenters. The first kappa shape index (κ1) is 14.8. The predicted octanol–water partition coefficient (Wildman–Crippen LogP) is 2.04. The number of carbonyl (C=O) groups excluding carboxylic acids is 1. The maximum atomic E-state index is 12.2. The maximum Gasteiger partial charge on any atom is 0.322 e. The molecule has 0 aliphatic rings. The zero-order chi connectivity index (χ0) is 16.4. The van der Waals surface area contributed by atoms with Gasteiger partial charge in [0.2, 0.25) is 5.89 Å². The lowest BCUT2D eigenvalue weighted by Crippen LogP contribution is -2.14. The van der Waals surface area contributed by atoms with Crippen LogP contribution in [0.15, 0.2) is 34.9 Å². The average Bonchev–Trinajstić information content (AvgIpc) is 3.13. The zero-order valence-electron chi connectivity index (χ0n) is 12.9. The van der Waals surface area contributed by atoms with E-state index >= 15 is 0 Å². The van der Waals surface area contributed by atoms with Gasteiger partial charge in [-0.25, -0.2) is 0 Å². The Labute approximate surface area is 132 Å². The Balaban J connectivity index is 1.79. The molecule has 0 unspecified atom stereocenters. The Bertz CT molecular complexity index is 852. The summed E-state index contributed by atoms with van der Waals surface area (Å²) in [6, 6.07) is 7.21. The predicted molar refractivity (Wildman–Crippen MR) is 82.2 cm³/mol. The standard InChI is InChI=1S/C15H15N5O3/c1-9-8-20(2)19-12(9)13(21)16-15-18-17-14(23-15)10-5-4-6-11(7-10)22-3/h4-8H,1-3H3,(H,16,18,21). The van der Waals surface area contributed by atoms with E-state index in [9.17, 15) is 4.79 Å². The summed E-state index contributed by atoms with van der Waals surface area (Å²) in [7, 11) is 3.32. The third-order valence-electron chi connectivity index (χ3n) is 3.19. The number of nitrogens with zero attached hydrogens (tertiary/aromatic N) is 4. The molecule has 0 radical (unpaired) electrons. The molecular formula is C15H15N5O3. The van der Waals surface area contributed by atoms with Crippen LogP contribution in [0.1, 0.15) is 16.1 Å². The Morgan fingerprint density at radius 2 is 2.17 bits per heavy atom. The van der Waals surface area contributed by atoms with Crippen LogP contribution in [-0.4, -0.2) is 33.0 Å². The van der Waals surface area contributed by atoms with Gasteiger partial charge in [0.25, 0.3) is 5.91 Å². The molecule has 23 heavy (non-hydrogen) atoms. The number of aromatic nitrogens is 4. The van der Waals surface area contributed by atoms with Crippen molar-refractivity contribution in [2.75, 3.05) is 12.4 Å². The summed E-state index contributed by atoms with van der Waals surface area (Å²) in [5, 5.41) is 14.4. The van der Waals surface area contributed by atoms with Gasteiger partial charge in [0.1, 0.15) is 5.75 Å². The fourth-order valence-electron chi connectivity index (χ4n) is 2.13. The van der Waals surface area contributed by atoms with Crippen LogP contribution in [0.2, 0.25) is 0 Å². The van der Waals surface area contributed by atoms with Crippen LogP contribution in [0.25, 0.3) is 11.5 Å². The minimum absolute atomic E-state index is 0.0119. The van der Waals surface area contributed by atoms with Crippen molar-refractivity contribution in [2.45, 2.75) is 6.92 Å². The summed E-state index contributed by atoms with van der Waals surface area (Å²) in [5.41, 5.74) is 1.78. The maximum absolute atomic E-state index is 12.2. The van der Waals surface area contributed by atoms with Crippen LogP contribution in [0.3, 0.4) is 0 Å². The van der Waals surface area contributed by atoms with E-state index in [-0.39, 0.29) is 11.9 Å². The van der Waals surface area contributed by atoms with E-state index in [0.717, 1.165) is 5.56 Å². The highest BCUT2D eigenvalue weighted by Gasteiger charge is 2.17. The van der Waals surface area contributed by atoms with Gasteiger partial charge in [-0.2, -0.15) is 5.10 Å². The van der Waals surface area contributed by atoms with Crippen molar-refractivity contribution in [1.29, 1.82) is 0 Å². The summed E-state index contributed by atoms with van der Waals surface area (Å²) >= 11 is 0. The van der Waals surface area contributed by atoms with Crippen molar-refractivity contribution in [3.63, 3.8) is 0 Å². The second-order valence-electron chi connectivity index (χ2n) is 4.93. The second kappa shape index (κ2) is 5.91. The fourth-order valence-corrected chi connectivity index (χ4v) is 2.13. The van der Waals surface area contributed by atoms with E-state index in [4.69, 9.17) is 9.15 Å². The highest BCUT2D eigenvalue weighted by Crippen LogP contribution is 2.24. The van der Waals surface area contributed by atoms with E-state index < -0.39 is 5.91 Å². The number of hydrogen-bond donors (Lipinski definition) is 1.